The van der Waals surface area contributed by atoms with Crippen LogP contribution in [0.3, 0.4) is 0 Å². The minimum Gasteiger partial charge on any atom is -0.212 e. The molecule has 0 radical (unpaired) electrons. The van der Waals surface area contributed by atoms with Crippen molar-refractivity contribution in [1.29, 1.82) is 0 Å². The number of hydrogen-bond acceptors (Lipinski definition) is 2. The van der Waals surface area contributed by atoms with E-state index in [0.717, 1.165) is 6.07 Å². The summed E-state index contributed by atoms with van der Waals surface area (Å²) in [5.74, 6) is -0.789. The van der Waals surface area contributed by atoms with E-state index in [0.29, 0.717) is 11.1 Å². The van der Waals surface area contributed by atoms with Crippen LogP contribution in [0.5, 0.6) is 0 Å². The Kier molecular flexibility index (Phi) is 2.93. The lowest BCUT2D eigenvalue weighted by Gasteiger charge is -2.00. The molecule has 2 nitrogen and oxygen atoms in total. The first-order chi connectivity index (χ1) is 5.87. The standard InChI is InChI=1S/C8H8ClFO2S/c1-6-2-7(4-8(10)3-6)5-13(9,11)12/h2-4H,5H2,1H3. The fourth-order valence-electron chi connectivity index (χ4n) is 1.09. The monoisotopic (exact) mass is 222 g/mol. The molecule has 0 heterocycles. The van der Waals surface area contributed by atoms with Crippen LogP contribution in [0.25, 0.3) is 0 Å². The molecule has 0 aliphatic carbocycles. The quantitative estimate of drug-likeness (QED) is 0.719. The van der Waals surface area contributed by atoms with Crippen molar-refractivity contribution in [3.05, 3.63) is 35.1 Å². The maximum Gasteiger partial charge on any atom is 0.236 e. The molecule has 0 unspecified atom stereocenters. The minimum atomic E-state index is -3.61. The first kappa shape index (κ1) is 10.5. The Morgan fingerprint density at radius 2 is 2.00 bits per heavy atom. The van der Waals surface area contributed by atoms with Gasteiger partial charge in [-0.2, -0.15) is 0 Å². The fourth-order valence-corrected chi connectivity index (χ4v) is 2.04. The van der Waals surface area contributed by atoms with Gasteiger partial charge in [0.1, 0.15) is 5.82 Å². The summed E-state index contributed by atoms with van der Waals surface area (Å²) in [4.78, 5) is 0. The Morgan fingerprint density at radius 1 is 1.38 bits per heavy atom. The molecule has 0 N–H and O–H groups in total. The molecule has 5 heteroatoms. The van der Waals surface area contributed by atoms with Gasteiger partial charge in [-0.1, -0.05) is 6.07 Å². The molecule has 0 fully saturated rings. The molecule has 1 aromatic carbocycles. The number of rotatable bonds is 2. The first-order valence-electron chi connectivity index (χ1n) is 3.55. The van der Waals surface area contributed by atoms with Crippen LogP contribution in [0.15, 0.2) is 18.2 Å². The molecule has 13 heavy (non-hydrogen) atoms. The van der Waals surface area contributed by atoms with E-state index in [1.165, 1.54) is 6.07 Å². The van der Waals surface area contributed by atoms with Gasteiger partial charge >= 0.3 is 0 Å². The molecule has 1 rings (SSSR count). The number of halogens is 2. The van der Waals surface area contributed by atoms with Crippen molar-refractivity contribution in [2.75, 3.05) is 0 Å². The van der Waals surface area contributed by atoms with E-state index >= 15 is 0 Å². The van der Waals surface area contributed by atoms with Crippen molar-refractivity contribution in [3.63, 3.8) is 0 Å². The Hall–Kier alpha value is -0.610. The highest BCUT2D eigenvalue weighted by Crippen LogP contribution is 2.13. The highest BCUT2D eigenvalue weighted by Gasteiger charge is 2.08. The lowest BCUT2D eigenvalue weighted by molar-refractivity contribution is 0.607. The van der Waals surface area contributed by atoms with Crippen LogP contribution < -0.4 is 0 Å². The summed E-state index contributed by atoms with van der Waals surface area (Å²) in [6.07, 6.45) is 0. The predicted molar refractivity (Wildman–Crippen MR) is 49.6 cm³/mol. The van der Waals surface area contributed by atoms with Crippen molar-refractivity contribution in [3.8, 4) is 0 Å². The second kappa shape index (κ2) is 3.64. The van der Waals surface area contributed by atoms with Gasteiger partial charge in [0.25, 0.3) is 0 Å². The second-order valence-electron chi connectivity index (χ2n) is 2.82. The van der Waals surface area contributed by atoms with Gasteiger partial charge in [-0.05, 0) is 30.2 Å². The third-order valence-electron chi connectivity index (χ3n) is 1.44. The molecule has 0 atom stereocenters. The SMILES string of the molecule is Cc1cc(F)cc(CS(=O)(=O)Cl)c1. The lowest BCUT2D eigenvalue weighted by Crippen LogP contribution is -1.96. The smallest absolute Gasteiger partial charge is 0.212 e. The van der Waals surface area contributed by atoms with Crippen LogP contribution in [0.1, 0.15) is 11.1 Å². The van der Waals surface area contributed by atoms with E-state index in [4.69, 9.17) is 10.7 Å². The molecule has 0 saturated heterocycles. The minimum absolute atomic E-state index is 0.340. The summed E-state index contributed by atoms with van der Waals surface area (Å²) in [5, 5.41) is 0. The van der Waals surface area contributed by atoms with Gasteiger partial charge in [-0.25, -0.2) is 12.8 Å². The summed E-state index contributed by atoms with van der Waals surface area (Å²) in [7, 11) is 1.42. The molecule has 0 saturated carbocycles. The van der Waals surface area contributed by atoms with Crippen LogP contribution in [-0.2, 0) is 14.8 Å². The Morgan fingerprint density at radius 3 is 2.46 bits per heavy atom. The average Bonchev–Trinajstić information content (AvgIpc) is 1.78. The molecule has 0 amide bonds. The van der Waals surface area contributed by atoms with E-state index < -0.39 is 14.9 Å². The fraction of sp³-hybridized carbons (Fsp3) is 0.250. The Balaban J connectivity index is 3.03. The van der Waals surface area contributed by atoms with Crippen LogP contribution in [0.4, 0.5) is 4.39 Å². The maximum absolute atomic E-state index is 12.8. The predicted octanol–water partition coefficient (Wildman–Crippen LogP) is 2.20. The maximum atomic E-state index is 12.8. The van der Waals surface area contributed by atoms with E-state index in [1.54, 1.807) is 13.0 Å². The lowest BCUT2D eigenvalue weighted by atomic mass is 10.1. The van der Waals surface area contributed by atoms with Gasteiger partial charge in [-0.15, -0.1) is 0 Å². The summed E-state index contributed by atoms with van der Waals surface area (Å²) < 4.78 is 34.1. The Labute approximate surface area is 80.8 Å². The molecular weight excluding hydrogens is 215 g/mol. The zero-order chi connectivity index (χ0) is 10.1. The van der Waals surface area contributed by atoms with Crippen LogP contribution in [-0.4, -0.2) is 8.42 Å². The Bertz CT molecular complexity index is 394. The molecular formula is C8H8ClFO2S. The van der Waals surface area contributed by atoms with Crippen LogP contribution >= 0.6 is 10.7 Å². The molecule has 72 valence electrons. The van der Waals surface area contributed by atoms with Gasteiger partial charge in [0.05, 0.1) is 5.75 Å². The first-order valence-corrected chi connectivity index (χ1v) is 6.03. The molecule has 0 bridgehead atoms. The second-order valence-corrected chi connectivity index (χ2v) is 5.60. The van der Waals surface area contributed by atoms with Crippen molar-refractivity contribution in [2.24, 2.45) is 0 Å². The normalized spacial score (nSPS) is 11.6. The molecule has 1 aromatic rings. The van der Waals surface area contributed by atoms with Crippen LogP contribution in [0.2, 0.25) is 0 Å². The summed E-state index contributed by atoms with van der Waals surface area (Å²) >= 11 is 0. The zero-order valence-corrected chi connectivity index (χ0v) is 8.49. The zero-order valence-electron chi connectivity index (χ0n) is 6.92. The van der Waals surface area contributed by atoms with Crippen molar-refractivity contribution >= 4 is 19.7 Å². The number of benzene rings is 1. The van der Waals surface area contributed by atoms with E-state index in [2.05, 4.69) is 0 Å². The molecule has 0 aliphatic heterocycles. The number of aryl methyl sites for hydroxylation is 1. The molecule has 0 spiro atoms. The topological polar surface area (TPSA) is 34.1 Å². The van der Waals surface area contributed by atoms with Gasteiger partial charge in [0, 0.05) is 10.7 Å². The van der Waals surface area contributed by atoms with Crippen molar-refractivity contribution < 1.29 is 12.8 Å². The third kappa shape index (κ3) is 3.74. The molecule has 0 aromatic heterocycles. The summed E-state index contributed by atoms with van der Waals surface area (Å²) in [6, 6.07) is 4.07. The summed E-state index contributed by atoms with van der Waals surface area (Å²) in [6.45, 7) is 1.69. The highest BCUT2D eigenvalue weighted by molar-refractivity contribution is 8.13. The summed E-state index contributed by atoms with van der Waals surface area (Å²) in [5.41, 5.74) is 1.04. The number of hydrogen-bond donors (Lipinski definition) is 0. The van der Waals surface area contributed by atoms with E-state index in [1.807, 2.05) is 0 Å². The van der Waals surface area contributed by atoms with Gasteiger partial charge < -0.3 is 0 Å². The van der Waals surface area contributed by atoms with Crippen molar-refractivity contribution in [1.82, 2.24) is 0 Å². The van der Waals surface area contributed by atoms with Gasteiger partial charge in [0.15, 0.2) is 0 Å². The largest absolute Gasteiger partial charge is 0.236 e. The molecule has 0 aliphatic rings. The van der Waals surface area contributed by atoms with E-state index in [-0.39, 0.29) is 5.75 Å². The van der Waals surface area contributed by atoms with Crippen molar-refractivity contribution in [2.45, 2.75) is 12.7 Å². The van der Waals surface area contributed by atoms with E-state index in [9.17, 15) is 12.8 Å². The van der Waals surface area contributed by atoms with Gasteiger partial charge in [-0.3, -0.25) is 0 Å². The highest BCUT2D eigenvalue weighted by atomic mass is 35.7. The van der Waals surface area contributed by atoms with Crippen LogP contribution in [0, 0.1) is 12.7 Å². The van der Waals surface area contributed by atoms with Gasteiger partial charge in [0.2, 0.25) is 9.05 Å². The average molecular weight is 223 g/mol. The third-order valence-corrected chi connectivity index (χ3v) is 2.45.